The Morgan fingerprint density at radius 2 is 1.91 bits per heavy atom. The predicted molar refractivity (Wildman–Crippen MR) is 83.3 cm³/mol. The smallest absolute Gasteiger partial charge is 0.414 e. The summed E-state index contributed by atoms with van der Waals surface area (Å²) in [7, 11) is 0. The molecule has 1 rings (SSSR count). The van der Waals surface area contributed by atoms with Crippen molar-refractivity contribution in [2.24, 2.45) is 0 Å². The number of quaternary nitrogens is 1. The summed E-state index contributed by atoms with van der Waals surface area (Å²) in [4.78, 5) is 23.8. The van der Waals surface area contributed by atoms with Crippen LogP contribution in [0.25, 0.3) is 0 Å². The van der Waals surface area contributed by atoms with Gasteiger partial charge >= 0.3 is 6.09 Å². The average Bonchev–Trinajstić information content (AvgIpc) is 2.48. The second kappa shape index (κ2) is 10.0. The Labute approximate surface area is 135 Å². The van der Waals surface area contributed by atoms with Gasteiger partial charge in [-0.25, -0.2) is 4.79 Å². The number of hydrogen-bond donors (Lipinski definition) is 2. The minimum atomic E-state index is -0.708. The van der Waals surface area contributed by atoms with Crippen LogP contribution in [0.15, 0.2) is 24.3 Å². The SMILES string of the molecule is CCOC(=O)NC(=O)C[NH+](CC)CCOc1ccc(Cl)cc1. The van der Waals surface area contributed by atoms with Gasteiger partial charge in [0.2, 0.25) is 0 Å². The lowest BCUT2D eigenvalue weighted by Crippen LogP contribution is -3.13. The normalized spacial score (nSPS) is 11.6. The van der Waals surface area contributed by atoms with Gasteiger partial charge in [0.25, 0.3) is 5.91 Å². The molecule has 1 aromatic rings. The molecule has 22 heavy (non-hydrogen) atoms. The van der Waals surface area contributed by atoms with Crippen molar-refractivity contribution in [3.63, 3.8) is 0 Å². The van der Waals surface area contributed by atoms with E-state index in [2.05, 4.69) is 10.1 Å². The highest BCUT2D eigenvalue weighted by molar-refractivity contribution is 6.30. The Morgan fingerprint density at radius 3 is 2.50 bits per heavy atom. The molecule has 1 atom stereocenters. The van der Waals surface area contributed by atoms with Crippen LogP contribution in [0.4, 0.5) is 4.79 Å². The Bertz CT molecular complexity index is 479. The first kappa shape index (κ1) is 18.3. The Hall–Kier alpha value is -1.79. The maximum absolute atomic E-state index is 11.7. The van der Waals surface area contributed by atoms with Gasteiger partial charge in [-0.3, -0.25) is 10.1 Å². The number of nitrogens with one attached hydrogen (secondary N) is 2. The van der Waals surface area contributed by atoms with E-state index in [4.69, 9.17) is 16.3 Å². The molecule has 1 aromatic carbocycles. The zero-order valence-corrected chi connectivity index (χ0v) is 13.6. The molecule has 2 amide bonds. The zero-order chi connectivity index (χ0) is 16.4. The van der Waals surface area contributed by atoms with Crippen LogP contribution in [0.5, 0.6) is 5.75 Å². The molecule has 0 radical (unpaired) electrons. The molecule has 0 aliphatic rings. The molecule has 0 heterocycles. The van der Waals surface area contributed by atoms with Gasteiger partial charge in [-0.15, -0.1) is 0 Å². The Balaban J connectivity index is 2.30. The van der Waals surface area contributed by atoms with Crippen LogP contribution in [-0.2, 0) is 9.53 Å². The van der Waals surface area contributed by atoms with Crippen molar-refractivity contribution in [1.82, 2.24) is 5.32 Å². The highest BCUT2D eigenvalue weighted by Crippen LogP contribution is 2.14. The Morgan fingerprint density at radius 1 is 1.23 bits per heavy atom. The molecule has 0 bridgehead atoms. The fourth-order valence-corrected chi connectivity index (χ4v) is 1.91. The summed E-state index contributed by atoms with van der Waals surface area (Å²) in [6.07, 6.45) is -0.708. The largest absolute Gasteiger partial charge is 0.488 e. The summed E-state index contributed by atoms with van der Waals surface area (Å²) >= 11 is 5.80. The van der Waals surface area contributed by atoms with E-state index in [0.29, 0.717) is 18.2 Å². The van der Waals surface area contributed by atoms with Gasteiger partial charge in [-0.05, 0) is 38.1 Å². The van der Waals surface area contributed by atoms with Gasteiger partial charge in [0, 0.05) is 5.02 Å². The number of benzene rings is 1. The molecule has 0 spiro atoms. The first-order chi connectivity index (χ1) is 10.5. The van der Waals surface area contributed by atoms with Crippen molar-refractivity contribution < 1.29 is 24.0 Å². The number of ether oxygens (including phenoxy) is 2. The number of carbonyl (C=O) groups is 2. The van der Waals surface area contributed by atoms with Crippen LogP contribution in [0, 0.1) is 0 Å². The Kier molecular flexibility index (Phi) is 8.32. The second-order valence-electron chi connectivity index (χ2n) is 4.60. The highest BCUT2D eigenvalue weighted by Gasteiger charge is 2.15. The molecule has 6 nitrogen and oxygen atoms in total. The molecule has 1 unspecified atom stereocenters. The van der Waals surface area contributed by atoms with Crippen LogP contribution in [0.2, 0.25) is 5.02 Å². The number of rotatable bonds is 8. The van der Waals surface area contributed by atoms with E-state index in [1.165, 1.54) is 0 Å². The van der Waals surface area contributed by atoms with Gasteiger partial charge in [-0.1, -0.05) is 11.6 Å². The van der Waals surface area contributed by atoms with Gasteiger partial charge in [0.05, 0.1) is 13.2 Å². The van der Waals surface area contributed by atoms with Crippen molar-refractivity contribution in [1.29, 1.82) is 0 Å². The third-order valence-corrected chi connectivity index (χ3v) is 3.22. The number of carbonyl (C=O) groups excluding carboxylic acids is 2. The van der Waals surface area contributed by atoms with Crippen molar-refractivity contribution >= 4 is 23.6 Å². The van der Waals surface area contributed by atoms with Crippen molar-refractivity contribution in [3.8, 4) is 5.75 Å². The topological polar surface area (TPSA) is 69.1 Å². The van der Waals surface area contributed by atoms with E-state index in [9.17, 15) is 9.59 Å². The zero-order valence-electron chi connectivity index (χ0n) is 12.9. The first-order valence-electron chi connectivity index (χ1n) is 7.23. The fraction of sp³-hybridized carbons (Fsp3) is 0.467. The molecule has 0 aromatic heterocycles. The molecule has 0 saturated heterocycles. The number of imide groups is 1. The molecule has 122 valence electrons. The highest BCUT2D eigenvalue weighted by atomic mass is 35.5. The van der Waals surface area contributed by atoms with E-state index in [-0.39, 0.29) is 19.1 Å². The molecule has 2 N–H and O–H groups in total. The lowest BCUT2D eigenvalue weighted by molar-refractivity contribution is -0.890. The molecule has 7 heteroatoms. The average molecular weight is 330 g/mol. The van der Waals surface area contributed by atoms with Gasteiger partial charge in [-0.2, -0.15) is 0 Å². The predicted octanol–water partition coefficient (Wildman–Crippen LogP) is 0.896. The second-order valence-corrected chi connectivity index (χ2v) is 5.04. The lowest BCUT2D eigenvalue weighted by Gasteiger charge is -2.17. The van der Waals surface area contributed by atoms with Crippen molar-refractivity contribution in [3.05, 3.63) is 29.3 Å². The van der Waals surface area contributed by atoms with E-state index >= 15 is 0 Å². The molecular formula is C15H22ClN2O4+. The number of hydrogen-bond acceptors (Lipinski definition) is 4. The third kappa shape index (κ3) is 7.28. The van der Waals surface area contributed by atoms with Gasteiger partial charge < -0.3 is 14.4 Å². The first-order valence-corrected chi connectivity index (χ1v) is 7.61. The summed E-state index contributed by atoms with van der Waals surface area (Å²) < 4.78 is 10.3. The van der Waals surface area contributed by atoms with Gasteiger partial charge in [0.15, 0.2) is 6.54 Å². The van der Waals surface area contributed by atoms with Crippen LogP contribution in [0.1, 0.15) is 13.8 Å². The van der Waals surface area contributed by atoms with E-state index in [0.717, 1.165) is 17.2 Å². The summed E-state index contributed by atoms with van der Waals surface area (Å²) in [5.41, 5.74) is 0. The van der Waals surface area contributed by atoms with E-state index in [1.54, 1.807) is 31.2 Å². The summed E-state index contributed by atoms with van der Waals surface area (Å²) in [5.74, 6) is 0.373. The number of halogens is 1. The maximum atomic E-state index is 11.7. The number of alkyl carbamates (subject to hydrolysis) is 1. The maximum Gasteiger partial charge on any atom is 0.414 e. The monoisotopic (exact) mass is 329 g/mol. The van der Waals surface area contributed by atoms with Crippen LogP contribution in [0.3, 0.4) is 0 Å². The summed E-state index contributed by atoms with van der Waals surface area (Å²) in [6.45, 7) is 5.95. The molecule has 0 fully saturated rings. The van der Waals surface area contributed by atoms with E-state index < -0.39 is 6.09 Å². The molecule has 0 aliphatic heterocycles. The van der Waals surface area contributed by atoms with Crippen molar-refractivity contribution in [2.45, 2.75) is 13.8 Å². The minimum absolute atomic E-state index is 0.194. The van der Waals surface area contributed by atoms with Crippen LogP contribution in [-0.4, -0.2) is 44.8 Å². The molecule has 0 aliphatic carbocycles. The standard InChI is InChI=1S/C15H21ClN2O4/c1-3-18(11-14(19)17-15(20)21-4-2)9-10-22-13-7-5-12(16)6-8-13/h5-8H,3-4,9-11H2,1-2H3,(H,17,19,20)/p+1. The molecular weight excluding hydrogens is 308 g/mol. The van der Waals surface area contributed by atoms with Crippen LogP contribution < -0.4 is 15.0 Å². The van der Waals surface area contributed by atoms with E-state index in [1.807, 2.05) is 6.92 Å². The molecule has 0 saturated carbocycles. The summed E-state index contributed by atoms with van der Waals surface area (Å²) in [6, 6.07) is 7.10. The quantitative estimate of drug-likeness (QED) is 0.743. The third-order valence-electron chi connectivity index (χ3n) is 2.97. The fourth-order valence-electron chi connectivity index (χ4n) is 1.79. The number of amides is 2. The summed E-state index contributed by atoms with van der Waals surface area (Å²) in [5, 5.41) is 2.84. The van der Waals surface area contributed by atoms with Gasteiger partial charge in [0.1, 0.15) is 18.9 Å². The van der Waals surface area contributed by atoms with Crippen LogP contribution >= 0.6 is 11.6 Å². The number of likely N-dealkylation sites (N-methyl/N-ethyl adjacent to an activating group) is 1. The lowest BCUT2D eigenvalue weighted by atomic mass is 10.3. The van der Waals surface area contributed by atoms with Crippen molar-refractivity contribution in [2.75, 3.05) is 32.8 Å². The minimum Gasteiger partial charge on any atom is -0.488 e.